The SMILES string of the molecule is CC(NS(=O)(=O)CCO)C(C)(C)C. The highest BCUT2D eigenvalue weighted by molar-refractivity contribution is 7.89. The summed E-state index contributed by atoms with van der Waals surface area (Å²) in [5.74, 6) is -0.229. The van der Waals surface area contributed by atoms with Gasteiger partial charge in [-0.25, -0.2) is 13.1 Å². The minimum absolute atomic E-state index is 0.109. The number of aliphatic hydroxyl groups excluding tert-OH is 1. The molecule has 4 nitrogen and oxygen atoms in total. The highest BCUT2D eigenvalue weighted by atomic mass is 32.2. The van der Waals surface area contributed by atoms with Crippen molar-refractivity contribution in [3.05, 3.63) is 0 Å². The molecule has 0 rings (SSSR count). The molecular weight excluding hydrogens is 190 g/mol. The van der Waals surface area contributed by atoms with E-state index in [2.05, 4.69) is 4.72 Å². The van der Waals surface area contributed by atoms with E-state index in [1.54, 1.807) is 0 Å². The molecule has 0 aromatic rings. The summed E-state index contributed by atoms with van der Waals surface area (Å²) in [7, 11) is -3.31. The van der Waals surface area contributed by atoms with Crippen molar-refractivity contribution in [2.45, 2.75) is 33.7 Å². The molecule has 0 aromatic heterocycles. The first-order valence-electron chi connectivity index (χ1n) is 4.30. The fraction of sp³-hybridized carbons (Fsp3) is 1.00. The summed E-state index contributed by atoms with van der Waals surface area (Å²) >= 11 is 0. The second kappa shape index (κ2) is 4.39. The Kier molecular flexibility index (Phi) is 4.35. The lowest BCUT2D eigenvalue weighted by Crippen LogP contribution is -2.42. The molecule has 13 heavy (non-hydrogen) atoms. The van der Waals surface area contributed by atoms with Gasteiger partial charge in [0.1, 0.15) is 0 Å². The van der Waals surface area contributed by atoms with Crippen LogP contribution in [-0.2, 0) is 10.0 Å². The van der Waals surface area contributed by atoms with E-state index < -0.39 is 10.0 Å². The molecule has 0 aromatic carbocycles. The third kappa shape index (κ3) is 5.23. The van der Waals surface area contributed by atoms with Gasteiger partial charge >= 0.3 is 0 Å². The van der Waals surface area contributed by atoms with Crippen molar-refractivity contribution in [3.8, 4) is 0 Å². The zero-order valence-corrected chi connectivity index (χ0v) is 9.48. The van der Waals surface area contributed by atoms with Crippen LogP contribution in [0.2, 0.25) is 0 Å². The van der Waals surface area contributed by atoms with Crippen LogP contribution < -0.4 is 4.72 Å². The van der Waals surface area contributed by atoms with E-state index in [0.29, 0.717) is 0 Å². The molecule has 0 heterocycles. The molecule has 80 valence electrons. The van der Waals surface area contributed by atoms with Gasteiger partial charge in [0.05, 0.1) is 12.4 Å². The van der Waals surface area contributed by atoms with Crippen molar-refractivity contribution >= 4 is 10.0 Å². The van der Waals surface area contributed by atoms with Gasteiger partial charge in [0.15, 0.2) is 0 Å². The molecule has 0 amide bonds. The van der Waals surface area contributed by atoms with Crippen molar-refractivity contribution in [1.82, 2.24) is 4.72 Å². The molecule has 0 aliphatic heterocycles. The first kappa shape index (κ1) is 12.9. The predicted molar refractivity (Wildman–Crippen MR) is 52.9 cm³/mol. The molecule has 0 bridgehead atoms. The lowest BCUT2D eigenvalue weighted by Gasteiger charge is -2.27. The van der Waals surface area contributed by atoms with Crippen LogP contribution in [0.5, 0.6) is 0 Å². The van der Waals surface area contributed by atoms with Crippen LogP contribution in [0.4, 0.5) is 0 Å². The Hall–Kier alpha value is -0.130. The van der Waals surface area contributed by atoms with Crippen LogP contribution in [0.3, 0.4) is 0 Å². The minimum Gasteiger partial charge on any atom is -0.395 e. The van der Waals surface area contributed by atoms with Gasteiger partial charge in [0, 0.05) is 6.04 Å². The molecule has 2 N–H and O–H groups in total. The Balaban J connectivity index is 4.29. The average Bonchev–Trinajstić information content (AvgIpc) is 1.83. The third-order valence-corrected chi connectivity index (χ3v) is 3.45. The molecule has 0 fully saturated rings. The molecule has 0 spiro atoms. The third-order valence-electron chi connectivity index (χ3n) is 2.02. The van der Waals surface area contributed by atoms with E-state index in [-0.39, 0.29) is 23.8 Å². The van der Waals surface area contributed by atoms with Crippen molar-refractivity contribution in [2.24, 2.45) is 5.41 Å². The highest BCUT2D eigenvalue weighted by Gasteiger charge is 2.24. The van der Waals surface area contributed by atoms with Crippen LogP contribution in [0, 0.1) is 5.41 Å². The average molecular weight is 209 g/mol. The Morgan fingerprint density at radius 2 is 1.85 bits per heavy atom. The summed E-state index contributed by atoms with van der Waals surface area (Å²) in [6, 6.07) is -0.135. The maximum atomic E-state index is 11.2. The Labute approximate surface area is 80.4 Å². The predicted octanol–water partition coefficient (Wildman–Crippen LogP) is 0.333. The lowest BCUT2D eigenvalue weighted by molar-refractivity contribution is 0.307. The number of aliphatic hydroxyl groups is 1. The van der Waals surface area contributed by atoms with E-state index in [1.807, 2.05) is 27.7 Å². The monoisotopic (exact) mass is 209 g/mol. The number of hydrogen-bond donors (Lipinski definition) is 2. The summed E-state index contributed by atoms with van der Waals surface area (Å²) in [5, 5.41) is 8.50. The number of sulfonamides is 1. The smallest absolute Gasteiger partial charge is 0.214 e. The maximum Gasteiger partial charge on any atom is 0.214 e. The maximum absolute atomic E-state index is 11.2. The van der Waals surface area contributed by atoms with Crippen LogP contribution in [0.15, 0.2) is 0 Å². The summed E-state index contributed by atoms with van der Waals surface area (Å²) < 4.78 is 24.9. The Bertz CT molecular complexity index is 241. The van der Waals surface area contributed by atoms with Gasteiger partial charge in [-0.3, -0.25) is 0 Å². The molecule has 1 unspecified atom stereocenters. The van der Waals surface area contributed by atoms with Gasteiger partial charge in [-0.2, -0.15) is 0 Å². The first-order valence-corrected chi connectivity index (χ1v) is 5.95. The van der Waals surface area contributed by atoms with Crippen LogP contribution in [0.1, 0.15) is 27.7 Å². The van der Waals surface area contributed by atoms with Gasteiger partial charge in [0.25, 0.3) is 0 Å². The van der Waals surface area contributed by atoms with Gasteiger partial charge < -0.3 is 5.11 Å². The molecule has 1 atom stereocenters. The van der Waals surface area contributed by atoms with Crippen molar-refractivity contribution in [3.63, 3.8) is 0 Å². The van der Waals surface area contributed by atoms with Gasteiger partial charge in [-0.15, -0.1) is 0 Å². The van der Waals surface area contributed by atoms with E-state index in [4.69, 9.17) is 5.11 Å². The van der Waals surface area contributed by atoms with Gasteiger partial charge in [0.2, 0.25) is 10.0 Å². The van der Waals surface area contributed by atoms with E-state index in [9.17, 15) is 8.42 Å². The van der Waals surface area contributed by atoms with Crippen LogP contribution >= 0.6 is 0 Å². The van der Waals surface area contributed by atoms with Gasteiger partial charge in [-0.05, 0) is 12.3 Å². The molecule has 0 saturated carbocycles. The molecular formula is C8H19NO3S. The summed E-state index contributed by atoms with van der Waals surface area (Å²) in [4.78, 5) is 0. The summed E-state index contributed by atoms with van der Waals surface area (Å²) in [5.41, 5.74) is -0.109. The second-order valence-electron chi connectivity index (χ2n) is 4.25. The number of nitrogens with one attached hydrogen (secondary N) is 1. The first-order chi connectivity index (χ1) is 5.69. The zero-order valence-electron chi connectivity index (χ0n) is 8.66. The number of hydrogen-bond acceptors (Lipinski definition) is 3. The normalized spacial score (nSPS) is 15.8. The number of rotatable bonds is 4. The van der Waals surface area contributed by atoms with Crippen molar-refractivity contribution in [1.29, 1.82) is 0 Å². The second-order valence-corrected chi connectivity index (χ2v) is 6.12. The highest BCUT2D eigenvalue weighted by Crippen LogP contribution is 2.18. The fourth-order valence-corrected chi connectivity index (χ4v) is 1.88. The molecule has 0 radical (unpaired) electrons. The molecule has 0 aliphatic rings. The minimum atomic E-state index is -3.31. The van der Waals surface area contributed by atoms with Gasteiger partial charge in [-0.1, -0.05) is 20.8 Å². The molecule has 0 saturated heterocycles. The van der Waals surface area contributed by atoms with Crippen molar-refractivity contribution in [2.75, 3.05) is 12.4 Å². The summed E-state index contributed by atoms with van der Waals surface area (Å²) in [6.07, 6.45) is 0. The van der Waals surface area contributed by atoms with Crippen LogP contribution in [-0.4, -0.2) is 31.9 Å². The quantitative estimate of drug-likeness (QED) is 0.701. The largest absolute Gasteiger partial charge is 0.395 e. The summed E-state index contributed by atoms with van der Waals surface area (Å²) in [6.45, 7) is 7.35. The lowest BCUT2D eigenvalue weighted by atomic mass is 9.89. The standard InChI is InChI=1S/C8H19NO3S/c1-7(8(2,3)4)9-13(11,12)6-5-10/h7,9-10H,5-6H2,1-4H3. The van der Waals surface area contributed by atoms with Crippen LogP contribution in [0.25, 0.3) is 0 Å². The van der Waals surface area contributed by atoms with E-state index in [1.165, 1.54) is 0 Å². The Morgan fingerprint density at radius 3 is 2.15 bits per heavy atom. The fourth-order valence-electron chi connectivity index (χ4n) is 0.625. The zero-order chi connectivity index (χ0) is 10.7. The molecule has 0 aliphatic carbocycles. The Morgan fingerprint density at radius 1 is 1.38 bits per heavy atom. The van der Waals surface area contributed by atoms with E-state index in [0.717, 1.165) is 0 Å². The van der Waals surface area contributed by atoms with Crippen molar-refractivity contribution < 1.29 is 13.5 Å². The topological polar surface area (TPSA) is 66.4 Å². The molecule has 5 heteroatoms. The van der Waals surface area contributed by atoms with E-state index >= 15 is 0 Å².